The van der Waals surface area contributed by atoms with Crippen LogP contribution in [0.2, 0.25) is 0 Å². The Morgan fingerprint density at radius 1 is 1.00 bits per heavy atom. The third kappa shape index (κ3) is 3.97. The van der Waals surface area contributed by atoms with Gasteiger partial charge in [0, 0.05) is 39.2 Å². The average molecular weight is 382 g/mol. The van der Waals surface area contributed by atoms with Crippen LogP contribution in [0.25, 0.3) is 0 Å². The Morgan fingerprint density at radius 2 is 1.67 bits per heavy atom. The van der Waals surface area contributed by atoms with Crippen molar-refractivity contribution in [3.8, 4) is 0 Å². The molecule has 0 radical (unpaired) electrons. The average Bonchev–Trinajstić information content (AvgIpc) is 2.94. The molecule has 2 heterocycles. The first kappa shape index (κ1) is 19.3. The highest BCUT2D eigenvalue weighted by Gasteiger charge is 2.57. The Balaban J connectivity index is 1.95. The molecule has 148 valence electrons. The Morgan fingerprint density at radius 3 is 2.30 bits per heavy atom. The molecule has 9 nitrogen and oxygen atoms in total. The van der Waals surface area contributed by atoms with E-state index >= 15 is 0 Å². The van der Waals surface area contributed by atoms with E-state index in [1.165, 1.54) is 20.8 Å². The Labute approximate surface area is 155 Å². The minimum Gasteiger partial charge on any atom is -0.468 e. The summed E-state index contributed by atoms with van der Waals surface area (Å²) in [5.41, 5.74) is 0.431. The number of hydrogen-bond acceptors (Lipinski definition) is 9. The van der Waals surface area contributed by atoms with Crippen LogP contribution >= 0.6 is 0 Å². The monoisotopic (exact) mass is 382 g/mol. The normalized spacial score (nSPS) is 32.1. The molecule has 0 spiro atoms. The number of carbonyl (C=O) groups is 4. The van der Waals surface area contributed by atoms with E-state index in [9.17, 15) is 19.2 Å². The Bertz CT molecular complexity index is 695. The summed E-state index contributed by atoms with van der Waals surface area (Å²) in [5, 5.41) is 0. The second-order valence-corrected chi connectivity index (χ2v) is 6.75. The van der Waals surface area contributed by atoms with E-state index in [2.05, 4.69) is 0 Å². The predicted molar refractivity (Wildman–Crippen MR) is 86.9 cm³/mol. The maximum Gasteiger partial charge on any atom is 0.303 e. The SMILES string of the molecule is CC(=O)OC[C@H]1O[C@@H]2OC3=C(C(=O)CCC3)[C@@H]2[C@@H](OC(C)=O)[C@@H]1OC(C)=O. The summed E-state index contributed by atoms with van der Waals surface area (Å²) in [6.45, 7) is 3.46. The van der Waals surface area contributed by atoms with Gasteiger partial charge in [-0.25, -0.2) is 0 Å². The first-order valence-electron chi connectivity index (χ1n) is 8.84. The zero-order valence-corrected chi connectivity index (χ0v) is 15.4. The quantitative estimate of drug-likeness (QED) is 0.514. The maximum absolute atomic E-state index is 12.5. The number of Topliss-reactive ketones (excluding diaryl/α,β-unsaturated/α-hetero) is 1. The number of rotatable bonds is 4. The van der Waals surface area contributed by atoms with Gasteiger partial charge in [-0.2, -0.15) is 0 Å². The zero-order valence-electron chi connectivity index (χ0n) is 15.4. The van der Waals surface area contributed by atoms with Gasteiger partial charge in [-0.1, -0.05) is 0 Å². The molecule has 3 rings (SSSR count). The lowest BCUT2D eigenvalue weighted by Gasteiger charge is -2.42. The van der Waals surface area contributed by atoms with Gasteiger partial charge >= 0.3 is 17.9 Å². The lowest BCUT2D eigenvalue weighted by molar-refractivity contribution is -0.266. The highest BCUT2D eigenvalue weighted by molar-refractivity contribution is 5.97. The van der Waals surface area contributed by atoms with Crippen LogP contribution in [0.15, 0.2) is 11.3 Å². The van der Waals surface area contributed by atoms with E-state index in [-0.39, 0.29) is 12.4 Å². The molecule has 0 aromatic rings. The zero-order chi connectivity index (χ0) is 19.7. The minimum absolute atomic E-state index is 0.0930. The molecule has 27 heavy (non-hydrogen) atoms. The van der Waals surface area contributed by atoms with Crippen LogP contribution in [0.3, 0.4) is 0 Å². The van der Waals surface area contributed by atoms with Gasteiger partial charge in [-0.15, -0.1) is 0 Å². The highest BCUT2D eigenvalue weighted by Crippen LogP contribution is 2.46. The summed E-state index contributed by atoms with van der Waals surface area (Å²) in [5.74, 6) is -2.02. The fraction of sp³-hybridized carbons (Fsp3) is 0.667. The van der Waals surface area contributed by atoms with Crippen LogP contribution in [0.5, 0.6) is 0 Å². The van der Waals surface area contributed by atoms with Gasteiger partial charge in [-0.05, 0) is 6.42 Å². The number of ketones is 1. The van der Waals surface area contributed by atoms with E-state index < -0.39 is 48.4 Å². The molecule has 0 amide bonds. The molecule has 1 saturated heterocycles. The van der Waals surface area contributed by atoms with Gasteiger partial charge in [0.25, 0.3) is 0 Å². The predicted octanol–water partition coefficient (Wildman–Crippen LogP) is 0.791. The number of allylic oxidation sites excluding steroid dienone is 1. The van der Waals surface area contributed by atoms with Crippen molar-refractivity contribution in [2.45, 2.75) is 64.6 Å². The molecular formula is C18H22O9. The van der Waals surface area contributed by atoms with Crippen LogP contribution in [0.4, 0.5) is 0 Å². The van der Waals surface area contributed by atoms with Gasteiger partial charge in [0.15, 0.2) is 18.0 Å². The van der Waals surface area contributed by atoms with Gasteiger partial charge in [0.05, 0.1) is 5.92 Å². The van der Waals surface area contributed by atoms with E-state index in [0.29, 0.717) is 30.6 Å². The lowest BCUT2D eigenvalue weighted by atomic mass is 9.81. The fourth-order valence-corrected chi connectivity index (χ4v) is 3.78. The molecule has 2 aliphatic heterocycles. The molecule has 9 heteroatoms. The molecule has 0 N–H and O–H groups in total. The standard InChI is InChI=1S/C18H22O9/c1-8(19)23-7-13-16(24-9(2)20)17(25-10(3)21)15-14-11(22)5-4-6-12(14)26-18(15)27-13/h13,15-18H,4-7H2,1-3H3/t13-,15-,16-,17-,18+/m1/s1. The molecule has 0 bridgehead atoms. The van der Waals surface area contributed by atoms with Crippen molar-refractivity contribution in [1.82, 2.24) is 0 Å². The molecule has 0 saturated carbocycles. The summed E-state index contributed by atoms with van der Waals surface area (Å²) in [4.78, 5) is 47.0. The molecular weight excluding hydrogens is 360 g/mol. The fourth-order valence-electron chi connectivity index (χ4n) is 3.78. The number of esters is 3. The highest BCUT2D eigenvalue weighted by atomic mass is 16.7. The van der Waals surface area contributed by atoms with Crippen molar-refractivity contribution in [2.75, 3.05) is 6.61 Å². The smallest absolute Gasteiger partial charge is 0.303 e. The maximum atomic E-state index is 12.5. The van der Waals surface area contributed by atoms with Gasteiger partial charge in [0.2, 0.25) is 6.29 Å². The first-order valence-corrected chi connectivity index (χ1v) is 8.84. The second kappa shape index (κ2) is 7.67. The van der Waals surface area contributed by atoms with Crippen molar-refractivity contribution < 1.29 is 42.9 Å². The van der Waals surface area contributed by atoms with Crippen molar-refractivity contribution >= 4 is 23.7 Å². The summed E-state index contributed by atoms with van der Waals surface area (Å²) >= 11 is 0. The Hall–Kier alpha value is -2.42. The van der Waals surface area contributed by atoms with Crippen LogP contribution < -0.4 is 0 Å². The van der Waals surface area contributed by atoms with Gasteiger partial charge < -0.3 is 23.7 Å². The second-order valence-electron chi connectivity index (χ2n) is 6.75. The van der Waals surface area contributed by atoms with Crippen molar-refractivity contribution in [1.29, 1.82) is 0 Å². The third-order valence-corrected chi connectivity index (χ3v) is 4.70. The first-order chi connectivity index (χ1) is 12.8. The van der Waals surface area contributed by atoms with Crippen LogP contribution in [-0.2, 0) is 42.9 Å². The lowest BCUT2D eigenvalue weighted by Crippen LogP contribution is -2.58. The summed E-state index contributed by atoms with van der Waals surface area (Å²) in [6, 6.07) is 0. The molecule has 3 aliphatic rings. The number of fused-ring (bicyclic) bond motifs is 2. The van der Waals surface area contributed by atoms with Gasteiger partial charge in [0.1, 0.15) is 18.5 Å². The number of carbonyl (C=O) groups excluding carboxylic acids is 4. The van der Waals surface area contributed by atoms with Crippen LogP contribution in [-0.4, -0.2) is 54.9 Å². The summed E-state index contributed by atoms with van der Waals surface area (Å²) in [6.07, 6.45) is -2.20. The third-order valence-electron chi connectivity index (χ3n) is 4.70. The molecule has 1 fully saturated rings. The molecule has 0 aromatic carbocycles. The number of ether oxygens (including phenoxy) is 5. The largest absolute Gasteiger partial charge is 0.468 e. The van der Waals surface area contributed by atoms with Crippen LogP contribution in [0, 0.1) is 5.92 Å². The summed E-state index contributed by atoms with van der Waals surface area (Å²) in [7, 11) is 0. The minimum atomic E-state index is -1.04. The van der Waals surface area contributed by atoms with Gasteiger partial charge in [-0.3, -0.25) is 19.2 Å². The Kier molecular flexibility index (Phi) is 5.50. The topological polar surface area (TPSA) is 114 Å². The molecule has 1 aliphatic carbocycles. The van der Waals surface area contributed by atoms with E-state index in [4.69, 9.17) is 23.7 Å². The summed E-state index contributed by atoms with van der Waals surface area (Å²) < 4.78 is 27.5. The van der Waals surface area contributed by atoms with E-state index in [1.807, 2.05) is 0 Å². The van der Waals surface area contributed by atoms with E-state index in [1.54, 1.807) is 0 Å². The van der Waals surface area contributed by atoms with Crippen molar-refractivity contribution in [3.05, 3.63) is 11.3 Å². The van der Waals surface area contributed by atoms with Crippen molar-refractivity contribution in [3.63, 3.8) is 0 Å². The molecule has 5 atom stereocenters. The van der Waals surface area contributed by atoms with E-state index in [0.717, 1.165) is 0 Å². The molecule has 0 unspecified atom stereocenters. The van der Waals surface area contributed by atoms with Crippen LogP contribution in [0.1, 0.15) is 40.0 Å². The number of hydrogen-bond donors (Lipinski definition) is 0. The molecule has 0 aromatic heterocycles. The van der Waals surface area contributed by atoms with Crippen molar-refractivity contribution in [2.24, 2.45) is 5.92 Å².